The zero-order valence-corrected chi connectivity index (χ0v) is 10.3. The molecule has 0 fully saturated rings. The van der Waals surface area contributed by atoms with E-state index in [0.29, 0.717) is 24.0 Å². The molecule has 0 aliphatic rings. The van der Waals surface area contributed by atoms with Gasteiger partial charge in [-0.2, -0.15) is 5.26 Å². The minimum atomic E-state index is -0.281. The van der Waals surface area contributed by atoms with Crippen LogP contribution in [0.2, 0.25) is 0 Å². The second-order valence-corrected chi connectivity index (χ2v) is 4.24. The van der Waals surface area contributed by atoms with Crippen LogP contribution >= 0.6 is 0 Å². The van der Waals surface area contributed by atoms with Crippen LogP contribution in [0, 0.1) is 17.1 Å². The molecule has 2 aromatic rings. The van der Waals surface area contributed by atoms with E-state index in [1.54, 1.807) is 36.4 Å². The lowest BCUT2D eigenvalue weighted by Crippen LogP contribution is -2.01. The molecule has 0 saturated heterocycles. The summed E-state index contributed by atoms with van der Waals surface area (Å²) in [7, 11) is 0. The number of hydrogen-bond acceptors (Lipinski definition) is 2. The SMILES string of the molecule is N#Cc1cccc(C(=O)CCc2ccc(F)cc2)c1. The van der Waals surface area contributed by atoms with Gasteiger partial charge in [0.05, 0.1) is 11.6 Å². The summed E-state index contributed by atoms with van der Waals surface area (Å²) in [5.74, 6) is -0.293. The van der Waals surface area contributed by atoms with Crippen molar-refractivity contribution in [1.82, 2.24) is 0 Å². The average Bonchev–Trinajstić information content (AvgIpc) is 2.46. The molecule has 0 saturated carbocycles. The molecule has 0 unspecified atom stereocenters. The van der Waals surface area contributed by atoms with Gasteiger partial charge in [-0.05, 0) is 36.2 Å². The van der Waals surface area contributed by atoms with Crippen LogP contribution in [0.4, 0.5) is 4.39 Å². The number of nitrogens with zero attached hydrogens (tertiary/aromatic N) is 1. The van der Waals surface area contributed by atoms with Crippen molar-refractivity contribution in [3.8, 4) is 6.07 Å². The van der Waals surface area contributed by atoms with Crippen molar-refractivity contribution >= 4 is 5.78 Å². The fraction of sp³-hybridized carbons (Fsp3) is 0.125. The van der Waals surface area contributed by atoms with E-state index in [0.717, 1.165) is 5.56 Å². The van der Waals surface area contributed by atoms with Crippen LogP contribution in [-0.2, 0) is 6.42 Å². The van der Waals surface area contributed by atoms with E-state index in [1.807, 2.05) is 6.07 Å². The Kier molecular flexibility index (Phi) is 4.04. The van der Waals surface area contributed by atoms with Gasteiger partial charge in [-0.3, -0.25) is 4.79 Å². The first kappa shape index (κ1) is 13.0. The lowest BCUT2D eigenvalue weighted by atomic mass is 10.0. The second kappa shape index (κ2) is 5.92. The summed E-state index contributed by atoms with van der Waals surface area (Å²) in [5, 5.41) is 8.78. The van der Waals surface area contributed by atoms with Gasteiger partial charge in [0.25, 0.3) is 0 Å². The van der Waals surface area contributed by atoms with Gasteiger partial charge < -0.3 is 0 Å². The number of benzene rings is 2. The van der Waals surface area contributed by atoms with E-state index in [1.165, 1.54) is 12.1 Å². The first-order valence-electron chi connectivity index (χ1n) is 5.97. The molecule has 0 atom stereocenters. The third-order valence-corrected chi connectivity index (χ3v) is 2.87. The van der Waals surface area contributed by atoms with Gasteiger partial charge in [0.15, 0.2) is 5.78 Å². The van der Waals surface area contributed by atoms with Gasteiger partial charge in [-0.15, -0.1) is 0 Å². The Morgan fingerprint density at radius 2 is 1.89 bits per heavy atom. The second-order valence-electron chi connectivity index (χ2n) is 4.24. The Balaban J connectivity index is 2.01. The van der Waals surface area contributed by atoms with Crippen LogP contribution in [0.5, 0.6) is 0 Å². The van der Waals surface area contributed by atoms with Crippen molar-refractivity contribution in [2.45, 2.75) is 12.8 Å². The van der Waals surface area contributed by atoms with Crippen molar-refractivity contribution in [2.24, 2.45) is 0 Å². The van der Waals surface area contributed by atoms with Gasteiger partial charge in [-0.1, -0.05) is 24.3 Å². The molecule has 0 aliphatic heterocycles. The van der Waals surface area contributed by atoms with E-state index in [-0.39, 0.29) is 11.6 Å². The normalized spacial score (nSPS) is 9.89. The van der Waals surface area contributed by atoms with Crippen molar-refractivity contribution in [1.29, 1.82) is 5.26 Å². The molecule has 3 heteroatoms. The molecule has 0 heterocycles. The maximum Gasteiger partial charge on any atom is 0.163 e. The predicted molar refractivity (Wildman–Crippen MR) is 70.2 cm³/mol. The van der Waals surface area contributed by atoms with Crippen molar-refractivity contribution in [3.63, 3.8) is 0 Å². The quantitative estimate of drug-likeness (QED) is 0.782. The van der Waals surface area contributed by atoms with E-state index >= 15 is 0 Å². The van der Waals surface area contributed by atoms with Crippen molar-refractivity contribution < 1.29 is 9.18 Å². The number of carbonyl (C=O) groups is 1. The highest BCUT2D eigenvalue weighted by Gasteiger charge is 2.07. The smallest absolute Gasteiger partial charge is 0.163 e. The average molecular weight is 253 g/mol. The number of nitriles is 1. The van der Waals surface area contributed by atoms with E-state index in [9.17, 15) is 9.18 Å². The van der Waals surface area contributed by atoms with Crippen LogP contribution in [-0.4, -0.2) is 5.78 Å². The molecule has 0 aliphatic carbocycles. The summed E-state index contributed by atoms with van der Waals surface area (Å²) >= 11 is 0. The van der Waals surface area contributed by atoms with Crippen LogP contribution in [0.25, 0.3) is 0 Å². The Bertz CT molecular complexity index is 626. The summed E-state index contributed by atoms with van der Waals surface area (Å²) in [5.41, 5.74) is 1.94. The zero-order valence-electron chi connectivity index (χ0n) is 10.3. The van der Waals surface area contributed by atoms with Crippen molar-refractivity contribution in [3.05, 3.63) is 71.0 Å². The molecule has 94 valence electrons. The van der Waals surface area contributed by atoms with Gasteiger partial charge in [-0.25, -0.2) is 4.39 Å². The maximum atomic E-state index is 12.7. The van der Waals surface area contributed by atoms with Gasteiger partial charge in [0, 0.05) is 12.0 Å². The summed E-state index contributed by atoms with van der Waals surface area (Å²) in [6, 6.07) is 14.8. The molecule has 0 radical (unpaired) electrons. The summed E-state index contributed by atoms with van der Waals surface area (Å²) in [6.07, 6.45) is 0.913. The molecule has 2 nitrogen and oxygen atoms in total. The van der Waals surface area contributed by atoms with Crippen LogP contribution in [0.3, 0.4) is 0 Å². The molecule has 19 heavy (non-hydrogen) atoms. The molecule has 0 bridgehead atoms. The molecule has 0 spiro atoms. The first-order valence-corrected chi connectivity index (χ1v) is 5.97. The number of carbonyl (C=O) groups excluding carboxylic acids is 1. The standard InChI is InChI=1S/C16H12FNO/c17-15-7-4-12(5-8-15)6-9-16(19)14-3-1-2-13(10-14)11-18/h1-5,7-8,10H,6,9H2. The van der Waals surface area contributed by atoms with Gasteiger partial charge >= 0.3 is 0 Å². The van der Waals surface area contributed by atoms with Gasteiger partial charge in [0.1, 0.15) is 5.82 Å². The van der Waals surface area contributed by atoms with Crippen LogP contribution < -0.4 is 0 Å². The highest BCUT2D eigenvalue weighted by atomic mass is 19.1. The Labute approximate surface area is 111 Å². The van der Waals surface area contributed by atoms with Crippen LogP contribution in [0.1, 0.15) is 27.9 Å². The number of halogens is 1. The number of ketones is 1. The lowest BCUT2D eigenvalue weighted by Gasteiger charge is -2.02. The third kappa shape index (κ3) is 3.49. The summed E-state index contributed by atoms with van der Waals surface area (Å²) in [4.78, 5) is 12.0. The third-order valence-electron chi connectivity index (χ3n) is 2.87. The highest BCUT2D eigenvalue weighted by Crippen LogP contribution is 2.11. The molecule has 2 aromatic carbocycles. The Hall–Kier alpha value is -2.47. The minimum absolute atomic E-state index is 0.0126. The first-order chi connectivity index (χ1) is 9.19. The molecule has 0 amide bonds. The fourth-order valence-electron chi connectivity index (χ4n) is 1.82. The lowest BCUT2D eigenvalue weighted by molar-refractivity contribution is 0.0983. The van der Waals surface area contributed by atoms with E-state index < -0.39 is 0 Å². The Morgan fingerprint density at radius 3 is 2.58 bits per heavy atom. The summed E-state index contributed by atoms with van der Waals surface area (Å²) < 4.78 is 12.7. The molecule has 0 N–H and O–H groups in total. The molecule has 0 aromatic heterocycles. The van der Waals surface area contributed by atoms with Crippen LogP contribution in [0.15, 0.2) is 48.5 Å². The highest BCUT2D eigenvalue weighted by molar-refractivity contribution is 5.96. The van der Waals surface area contributed by atoms with Crippen molar-refractivity contribution in [2.75, 3.05) is 0 Å². The number of Topliss-reactive ketones (excluding diaryl/α,β-unsaturated/α-hetero) is 1. The number of rotatable bonds is 4. The predicted octanol–water partition coefficient (Wildman–Crippen LogP) is 3.51. The van der Waals surface area contributed by atoms with Gasteiger partial charge in [0.2, 0.25) is 0 Å². The molecular formula is C16H12FNO. The Morgan fingerprint density at radius 1 is 1.16 bits per heavy atom. The fourth-order valence-corrected chi connectivity index (χ4v) is 1.82. The number of aryl methyl sites for hydroxylation is 1. The molecule has 2 rings (SSSR count). The number of hydrogen-bond donors (Lipinski definition) is 0. The largest absolute Gasteiger partial charge is 0.294 e. The topological polar surface area (TPSA) is 40.9 Å². The maximum absolute atomic E-state index is 12.7. The summed E-state index contributed by atoms with van der Waals surface area (Å²) in [6.45, 7) is 0. The molecular weight excluding hydrogens is 241 g/mol. The van der Waals surface area contributed by atoms with E-state index in [4.69, 9.17) is 5.26 Å². The van der Waals surface area contributed by atoms with E-state index in [2.05, 4.69) is 0 Å². The monoisotopic (exact) mass is 253 g/mol. The minimum Gasteiger partial charge on any atom is -0.294 e. The zero-order chi connectivity index (χ0) is 13.7.